The lowest BCUT2D eigenvalue weighted by molar-refractivity contribution is 0.414. The molecule has 2 heterocycles. The Hall–Kier alpha value is -2.49. The molecule has 19 heavy (non-hydrogen) atoms. The van der Waals surface area contributed by atoms with Gasteiger partial charge in [0.25, 0.3) is 0 Å². The zero-order valence-electron chi connectivity index (χ0n) is 10.7. The first-order valence-corrected chi connectivity index (χ1v) is 6.10. The lowest BCUT2D eigenvalue weighted by Crippen LogP contribution is -1.89. The van der Waals surface area contributed by atoms with Crippen LogP contribution < -0.4 is 10.5 Å². The minimum absolute atomic E-state index is 0.731. The molecule has 0 saturated heterocycles. The van der Waals surface area contributed by atoms with Crippen LogP contribution in [0.2, 0.25) is 0 Å². The van der Waals surface area contributed by atoms with Crippen LogP contribution in [0.1, 0.15) is 11.3 Å². The van der Waals surface area contributed by atoms with Gasteiger partial charge in [0, 0.05) is 30.6 Å². The van der Waals surface area contributed by atoms with Crippen molar-refractivity contribution >= 4 is 11.3 Å². The fraction of sp³-hybridized carbons (Fsp3) is 0.133. The van der Waals surface area contributed by atoms with E-state index in [1.165, 1.54) is 5.56 Å². The second-order valence-electron chi connectivity index (χ2n) is 4.48. The van der Waals surface area contributed by atoms with E-state index >= 15 is 0 Å². The molecule has 0 aliphatic carbocycles. The summed E-state index contributed by atoms with van der Waals surface area (Å²) < 4.78 is 7.13. The number of pyridine rings is 1. The van der Waals surface area contributed by atoms with Gasteiger partial charge in [-0.25, -0.2) is 4.98 Å². The SMILES string of the molecule is COc1ccc(Cc2cn3ccc(N)cc3n2)cc1. The van der Waals surface area contributed by atoms with Gasteiger partial charge >= 0.3 is 0 Å². The Bertz CT molecular complexity index is 701. The van der Waals surface area contributed by atoms with Crippen LogP contribution in [0.5, 0.6) is 5.75 Å². The van der Waals surface area contributed by atoms with Gasteiger partial charge < -0.3 is 14.9 Å². The highest BCUT2D eigenvalue weighted by molar-refractivity contribution is 5.52. The van der Waals surface area contributed by atoms with Crippen molar-refractivity contribution in [2.24, 2.45) is 0 Å². The number of nitrogens with two attached hydrogens (primary N) is 1. The molecule has 3 aromatic rings. The molecule has 96 valence electrons. The predicted molar refractivity (Wildman–Crippen MR) is 75.4 cm³/mol. The number of nitrogen functional groups attached to an aromatic ring is 1. The van der Waals surface area contributed by atoms with Crippen molar-refractivity contribution in [3.05, 3.63) is 60.0 Å². The minimum atomic E-state index is 0.731. The van der Waals surface area contributed by atoms with Crippen molar-refractivity contribution in [2.75, 3.05) is 12.8 Å². The van der Waals surface area contributed by atoms with Crippen LogP contribution in [0.3, 0.4) is 0 Å². The maximum absolute atomic E-state index is 5.75. The number of fused-ring (bicyclic) bond motifs is 1. The van der Waals surface area contributed by atoms with Crippen LogP contribution in [0, 0.1) is 0 Å². The fourth-order valence-corrected chi connectivity index (χ4v) is 2.09. The summed E-state index contributed by atoms with van der Waals surface area (Å²) in [5.74, 6) is 0.867. The smallest absolute Gasteiger partial charge is 0.139 e. The predicted octanol–water partition coefficient (Wildman–Crippen LogP) is 2.52. The number of methoxy groups -OCH3 is 1. The first-order chi connectivity index (χ1) is 9.24. The summed E-state index contributed by atoms with van der Waals surface area (Å²) in [6.07, 6.45) is 4.75. The topological polar surface area (TPSA) is 52.5 Å². The number of imidazole rings is 1. The van der Waals surface area contributed by atoms with E-state index in [4.69, 9.17) is 10.5 Å². The third-order valence-corrected chi connectivity index (χ3v) is 3.08. The number of anilines is 1. The lowest BCUT2D eigenvalue weighted by atomic mass is 10.1. The van der Waals surface area contributed by atoms with Crippen molar-refractivity contribution in [2.45, 2.75) is 6.42 Å². The number of nitrogens with zero attached hydrogens (tertiary/aromatic N) is 2. The highest BCUT2D eigenvalue weighted by atomic mass is 16.5. The molecule has 1 aromatic carbocycles. The van der Waals surface area contributed by atoms with Crippen LogP contribution >= 0.6 is 0 Å². The fourth-order valence-electron chi connectivity index (χ4n) is 2.09. The summed E-state index contributed by atoms with van der Waals surface area (Å²) in [4.78, 5) is 4.56. The van der Waals surface area contributed by atoms with E-state index in [0.29, 0.717) is 0 Å². The summed E-state index contributed by atoms with van der Waals surface area (Å²) in [7, 11) is 1.67. The first kappa shape index (κ1) is 11.6. The van der Waals surface area contributed by atoms with Crippen molar-refractivity contribution in [1.82, 2.24) is 9.38 Å². The van der Waals surface area contributed by atoms with E-state index in [2.05, 4.69) is 17.1 Å². The molecular weight excluding hydrogens is 238 g/mol. The van der Waals surface area contributed by atoms with Gasteiger partial charge in [-0.3, -0.25) is 0 Å². The Morgan fingerprint density at radius 2 is 2.00 bits per heavy atom. The van der Waals surface area contributed by atoms with Gasteiger partial charge in [0.2, 0.25) is 0 Å². The van der Waals surface area contributed by atoms with Gasteiger partial charge in [0.15, 0.2) is 0 Å². The molecule has 4 heteroatoms. The Morgan fingerprint density at radius 1 is 1.21 bits per heavy atom. The van der Waals surface area contributed by atoms with E-state index in [-0.39, 0.29) is 0 Å². The lowest BCUT2D eigenvalue weighted by Gasteiger charge is -2.01. The van der Waals surface area contributed by atoms with Gasteiger partial charge in [0.05, 0.1) is 12.8 Å². The summed E-state index contributed by atoms with van der Waals surface area (Å²) in [5, 5.41) is 0. The zero-order chi connectivity index (χ0) is 13.2. The molecule has 4 nitrogen and oxygen atoms in total. The van der Waals surface area contributed by atoms with Crippen LogP contribution in [0.4, 0.5) is 5.69 Å². The number of hydrogen-bond donors (Lipinski definition) is 1. The first-order valence-electron chi connectivity index (χ1n) is 6.10. The van der Waals surface area contributed by atoms with Gasteiger partial charge in [-0.1, -0.05) is 12.1 Å². The maximum atomic E-state index is 5.75. The van der Waals surface area contributed by atoms with E-state index in [9.17, 15) is 0 Å². The molecule has 0 aliphatic heterocycles. The highest BCUT2D eigenvalue weighted by Gasteiger charge is 2.03. The minimum Gasteiger partial charge on any atom is -0.497 e. The van der Waals surface area contributed by atoms with Crippen molar-refractivity contribution in [1.29, 1.82) is 0 Å². The van der Waals surface area contributed by atoms with E-state index in [1.807, 2.05) is 41.1 Å². The van der Waals surface area contributed by atoms with E-state index in [1.54, 1.807) is 7.11 Å². The van der Waals surface area contributed by atoms with Gasteiger partial charge in [-0.2, -0.15) is 0 Å². The maximum Gasteiger partial charge on any atom is 0.139 e. The third kappa shape index (κ3) is 2.38. The standard InChI is InChI=1S/C15H15N3O/c1-19-14-4-2-11(3-5-14)8-13-10-18-7-6-12(16)9-15(18)17-13/h2-7,9-10H,8,16H2,1H3. The van der Waals surface area contributed by atoms with E-state index in [0.717, 1.165) is 29.2 Å². The molecule has 0 radical (unpaired) electrons. The summed E-state index contributed by atoms with van der Waals surface area (Å²) in [6, 6.07) is 11.8. The molecule has 0 saturated carbocycles. The van der Waals surface area contributed by atoms with Crippen LogP contribution in [-0.4, -0.2) is 16.5 Å². The molecule has 0 aliphatic rings. The quantitative estimate of drug-likeness (QED) is 0.780. The van der Waals surface area contributed by atoms with Crippen LogP contribution in [-0.2, 0) is 6.42 Å². The number of ether oxygens (including phenoxy) is 1. The molecular formula is C15H15N3O. The molecule has 2 aromatic heterocycles. The molecule has 0 amide bonds. The van der Waals surface area contributed by atoms with Crippen LogP contribution in [0.25, 0.3) is 5.65 Å². The van der Waals surface area contributed by atoms with E-state index < -0.39 is 0 Å². The second-order valence-corrected chi connectivity index (χ2v) is 4.48. The monoisotopic (exact) mass is 253 g/mol. The van der Waals surface area contributed by atoms with Crippen molar-refractivity contribution < 1.29 is 4.74 Å². The second kappa shape index (κ2) is 4.65. The number of aromatic nitrogens is 2. The molecule has 0 spiro atoms. The number of benzene rings is 1. The molecule has 3 rings (SSSR count). The summed E-state index contributed by atoms with van der Waals surface area (Å²) in [6.45, 7) is 0. The molecule has 2 N–H and O–H groups in total. The van der Waals surface area contributed by atoms with Gasteiger partial charge in [0.1, 0.15) is 11.4 Å². The zero-order valence-corrected chi connectivity index (χ0v) is 10.7. The summed E-state index contributed by atoms with van der Waals surface area (Å²) in [5.41, 5.74) is 9.59. The highest BCUT2D eigenvalue weighted by Crippen LogP contribution is 2.16. The van der Waals surface area contributed by atoms with Crippen molar-refractivity contribution in [3.63, 3.8) is 0 Å². The molecule has 0 atom stereocenters. The largest absolute Gasteiger partial charge is 0.497 e. The van der Waals surface area contributed by atoms with Gasteiger partial charge in [-0.15, -0.1) is 0 Å². The Kier molecular flexibility index (Phi) is 2.83. The number of rotatable bonds is 3. The molecule has 0 unspecified atom stereocenters. The van der Waals surface area contributed by atoms with Crippen LogP contribution in [0.15, 0.2) is 48.8 Å². The average molecular weight is 253 g/mol. The third-order valence-electron chi connectivity index (χ3n) is 3.08. The van der Waals surface area contributed by atoms with Gasteiger partial charge in [-0.05, 0) is 23.8 Å². The normalized spacial score (nSPS) is 10.8. The average Bonchev–Trinajstić information content (AvgIpc) is 2.81. The Balaban J connectivity index is 1.87. The summed E-state index contributed by atoms with van der Waals surface area (Å²) >= 11 is 0. The number of hydrogen-bond acceptors (Lipinski definition) is 3. The Labute approximate surface area is 111 Å². The Morgan fingerprint density at radius 3 is 2.74 bits per heavy atom. The van der Waals surface area contributed by atoms with Crippen molar-refractivity contribution in [3.8, 4) is 5.75 Å². The molecule has 0 bridgehead atoms. The molecule has 0 fully saturated rings.